The number of rotatable bonds is 1. The van der Waals surface area contributed by atoms with Gasteiger partial charge in [0.2, 0.25) is 0 Å². The minimum absolute atomic E-state index is 0.164. The van der Waals surface area contributed by atoms with E-state index >= 15 is 0 Å². The summed E-state index contributed by atoms with van der Waals surface area (Å²) in [5, 5.41) is 0.795. The van der Waals surface area contributed by atoms with E-state index < -0.39 is 9.84 Å². The molecule has 3 nitrogen and oxygen atoms in total. The second-order valence-corrected chi connectivity index (χ2v) is 8.73. The van der Waals surface area contributed by atoms with Gasteiger partial charge in [0.05, 0.1) is 10.5 Å². The van der Waals surface area contributed by atoms with Crippen molar-refractivity contribution in [2.24, 2.45) is 7.05 Å². The lowest BCUT2D eigenvalue weighted by molar-refractivity contribution is 0.518. The van der Waals surface area contributed by atoms with Crippen LogP contribution in [0.25, 0.3) is 16.5 Å². The summed E-state index contributed by atoms with van der Waals surface area (Å²) < 4.78 is 26.8. The van der Waals surface area contributed by atoms with E-state index in [2.05, 4.69) is 35.0 Å². The molecule has 1 aromatic carbocycles. The van der Waals surface area contributed by atoms with Gasteiger partial charge in [0.25, 0.3) is 0 Å². The zero-order valence-corrected chi connectivity index (χ0v) is 12.9. The first-order valence-corrected chi connectivity index (χ1v) is 9.15. The highest BCUT2D eigenvalue weighted by Gasteiger charge is 2.40. The quantitative estimate of drug-likeness (QED) is 0.810. The third-order valence-corrected chi connectivity index (χ3v) is 7.54. The summed E-state index contributed by atoms with van der Waals surface area (Å²) in [7, 11) is -0.885. The summed E-state index contributed by atoms with van der Waals surface area (Å²) in [6.07, 6.45) is 7.39. The molecule has 1 aromatic heterocycles. The van der Waals surface area contributed by atoms with Gasteiger partial charge < -0.3 is 4.57 Å². The van der Waals surface area contributed by atoms with E-state index in [0.29, 0.717) is 6.42 Å². The number of benzene rings is 1. The summed E-state index contributed by atoms with van der Waals surface area (Å²) >= 11 is 0. The van der Waals surface area contributed by atoms with E-state index in [0.717, 1.165) is 19.3 Å². The maximum Gasteiger partial charge on any atom is 0.159 e. The second-order valence-electron chi connectivity index (χ2n) is 6.28. The molecule has 110 valence electrons. The molecule has 4 rings (SSSR count). The van der Waals surface area contributed by atoms with Gasteiger partial charge in [-0.3, -0.25) is 0 Å². The lowest BCUT2D eigenvalue weighted by Crippen LogP contribution is -2.38. The molecule has 2 aliphatic heterocycles. The molecule has 2 aromatic rings. The Hall–Kier alpha value is -1.55. The predicted molar refractivity (Wildman–Crippen MR) is 85.9 cm³/mol. The topological polar surface area (TPSA) is 39.1 Å². The Morgan fingerprint density at radius 3 is 2.86 bits per heavy atom. The van der Waals surface area contributed by atoms with Gasteiger partial charge in [-0.2, -0.15) is 0 Å². The van der Waals surface area contributed by atoms with Crippen LogP contribution in [-0.4, -0.2) is 23.5 Å². The fourth-order valence-electron chi connectivity index (χ4n) is 3.75. The van der Waals surface area contributed by atoms with Gasteiger partial charge >= 0.3 is 0 Å². The van der Waals surface area contributed by atoms with Crippen LogP contribution in [0.5, 0.6) is 0 Å². The monoisotopic (exact) mass is 301 g/mol. The molecule has 4 heteroatoms. The van der Waals surface area contributed by atoms with Crippen molar-refractivity contribution in [1.82, 2.24) is 4.57 Å². The summed E-state index contributed by atoms with van der Waals surface area (Å²) in [6, 6.07) is 8.56. The molecule has 1 fully saturated rings. The molecule has 2 bridgehead atoms. The zero-order chi connectivity index (χ0) is 14.6. The zero-order valence-electron chi connectivity index (χ0n) is 12.1. The molecule has 3 heterocycles. The highest BCUT2D eigenvalue weighted by Crippen LogP contribution is 2.39. The van der Waals surface area contributed by atoms with Crippen molar-refractivity contribution in [3.05, 3.63) is 42.1 Å². The van der Waals surface area contributed by atoms with Gasteiger partial charge in [0.15, 0.2) is 9.84 Å². The van der Waals surface area contributed by atoms with E-state index in [1.54, 1.807) is 0 Å². The summed E-state index contributed by atoms with van der Waals surface area (Å²) in [5.41, 5.74) is 3.61. The number of hydrogen-bond donors (Lipinski definition) is 0. The largest absolute Gasteiger partial charge is 0.351 e. The smallest absolute Gasteiger partial charge is 0.159 e. The van der Waals surface area contributed by atoms with Crippen LogP contribution in [0.2, 0.25) is 0 Å². The van der Waals surface area contributed by atoms with Crippen molar-refractivity contribution in [3.8, 4) is 0 Å². The summed E-state index contributed by atoms with van der Waals surface area (Å²) in [6.45, 7) is 0. The number of sulfone groups is 1. The van der Waals surface area contributed by atoms with Gasteiger partial charge in [0, 0.05) is 24.1 Å². The minimum Gasteiger partial charge on any atom is -0.351 e. The molecule has 2 unspecified atom stereocenters. The Balaban J connectivity index is 1.80. The lowest BCUT2D eigenvalue weighted by Gasteiger charge is -2.33. The molecule has 1 saturated heterocycles. The molecule has 2 atom stereocenters. The number of allylic oxidation sites excluding steroid dienone is 1. The Kier molecular flexibility index (Phi) is 2.80. The number of fused-ring (bicyclic) bond motifs is 3. The third-order valence-electron chi connectivity index (χ3n) is 4.99. The van der Waals surface area contributed by atoms with E-state index in [9.17, 15) is 8.42 Å². The normalized spacial score (nSPS) is 27.6. The Morgan fingerprint density at radius 2 is 2.05 bits per heavy atom. The average Bonchev–Trinajstić information content (AvgIpc) is 2.79. The fraction of sp³-hybridized carbons (Fsp3) is 0.412. The Bertz CT molecular complexity index is 845. The van der Waals surface area contributed by atoms with Crippen molar-refractivity contribution >= 4 is 26.3 Å². The molecule has 21 heavy (non-hydrogen) atoms. The van der Waals surface area contributed by atoms with Crippen molar-refractivity contribution in [2.45, 2.75) is 36.2 Å². The van der Waals surface area contributed by atoms with E-state index in [1.165, 1.54) is 22.0 Å². The summed E-state index contributed by atoms with van der Waals surface area (Å²) in [5.74, 6) is 0. The number of nitrogens with zero attached hydrogens (tertiary/aromatic N) is 1. The molecule has 2 aliphatic rings. The fourth-order valence-corrected chi connectivity index (χ4v) is 6.00. The predicted octanol–water partition coefficient (Wildman–Crippen LogP) is 3.30. The average molecular weight is 301 g/mol. The van der Waals surface area contributed by atoms with Crippen molar-refractivity contribution in [2.75, 3.05) is 0 Å². The highest BCUT2D eigenvalue weighted by atomic mass is 32.2. The standard InChI is InChI=1S/C17H19NO2S/c1-18-8-7-13-9-12(5-6-17(13)18)14-10-15-3-2-4-16(11-14)21(15,19)20/h5-10,15-16H,2-4,11H2,1H3. The van der Waals surface area contributed by atoms with Gasteiger partial charge in [-0.25, -0.2) is 8.42 Å². The van der Waals surface area contributed by atoms with Crippen LogP contribution >= 0.6 is 0 Å². The Labute approximate surface area is 125 Å². The molecule has 0 radical (unpaired) electrons. The molecule has 0 saturated carbocycles. The number of aryl methyl sites for hydroxylation is 1. The SMILES string of the molecule is Cn1ccc2cc(C3=CC4CCCC(C3)S4(=O)=O)ccc21. The van der Waals surface area contributed by atoms with Crippen molar-refractivity contribution < 1.29 is 8.42 Å². The molecule has 0 spiro atoms. The number of hydrogen-bond acceptors (Lipinski definition) is 2. The molecule has 0 N–H and O–H groups in total. The number of aromatic nitrogens is 1. The van der Waals surface area contributed by atoms with Crippen LogP contribution < -0.4 is 0 Å². The molecular weight excluding hydrogens is 282 g/mol. The third kappa shape index (κ3) is 1.96. The lowest BCUT2D eigenvalue weighted by atomic mass is 9.93. The van der Waals surface area contributed by atoms with Gasteiger partial charge in [-0.15, -0.1) is 0 Å². The maximum absolute atomic E-state index is 12.3. The van der Waals surface area contributed by atoms with Crippen LogP contribution in [0.3, 0.4) is 0 Å². The summed E-state index contributed by atoms with van der Waals surface area (Å²) in [4.78, 5) is 0. The van der Waals surface area contributed by atoms with Gasteiger partial charge in [-0.1, -0.05) is 18.6 Å². The first kappa shape index (κ1) is 13.1. The second kappa shape index (κ2) is 4.47. The molecular formula is C17H19NO2S. The minimum atomic E-state index is -2.93. The van der Waals surface area contributed by atoms with Gasteiger partial charge in [0.1, 0.15) is 0 Å². The highest BCUT2D eigenvalue weighted by molar-refractivity contribution is 7.93. The van der Waals surface area contributed by atoms with Crippen LogP contribution in [0.1, 0.15) is 31.2 Å². The van der Waals surface area contributed by atoms with Crippen molar-refractivity contribution in [3.63, 3.8) is 0 Å². The first-order valence-electron chi connectivity index (χ1n) is 7.54. The van der Waals surface area contributed by atoms with Crippen LogP contribution in [-0.2, 0) is 16.9 Å². The van der Waals surface area contributed by atoms with E-state index in [1.807, 2.05) is 13.1 Å². The van der Waals surface area contributed by atoms with Crippen molar-refractivity contribution in [1.29, 1.82) is 0 Å². The van der Waals surface area contributed by atoms with Crippen LogP contribution in [0.4, 0.5) is 0 Å². The van der Waals surface area contributed by atoms with Crippen LogP contribution in [0.15, 0.2) is 36.5 Å². The molecule has 0 amide bonds. The molecule has 0 aliphatic carbocycles. The maximum atomic E-state index is 12.3. The Morgan fingerprint density at radius 1 is 1.19 bits per heavy atom. The van der Waals surface area contributed by atoms with E-state index in [-0.39, 0.29) is 10.5 Å². The first-order chi connectivity index (χ1) is 10.1. The van der Waals surface area contributed by atoms with E-state index in [4.69, 9.17) is 0 Å². The van der Waals surface area contributed by atoms with Gasteiger partial charge in [-0.05, 0) is 48.6 Å². The van der Waals surface area contributed by atoms with Crippen LogP contribution in [0, 0.1) is 0 Å².